The molecule has 26 heavy (non-hydrogen) atoms. The zero-order valence-electron chi connectivity index (χ0n) is 14.3. The van der Waals surface area contributed by atoms with Gasteiger partial charge in [0, 0.05) is 18.7 Å². The summed E-state index contributed by atoms with van der Waals surface area (Å²) in [6, 6.07) is 10.7. The molecular formula is C17H19N3O5S. The van der Waals surface area contributed by atoms with Crippen molar-refractivity contribution in [1.82, 2.24) is 5.32 Å². The minimum absolute atomic E-state index is 0.132. The van der Waals surface area contributed by atoms with Gasteiger partial charge in [0.05, 0.1) is 21.1 Å². The van der Waals surface area contributed by atoms with Crippen molar-refractivity contribution in [2.24, 2.45) is 5.92 Å². The van der Waals surface area contributed by atoms with E-state index in [1.54, 1.807) is 12.1 Å². The van der Waals surface area contributed by atoms with Crippen LogP contribution < -0.4 is 10.0 Å². The molecule has 0 radical (unpaired) electrons. The summed E-state index contributed by atoms with van der Waals surface area (Å²) in [5.41, 5.74) is 0.114. The van der Waals surface area contributed by atoms with Crippen molar-refractivity contribution in [3.8, 4) is 0 Å². The maximum Gasteiger partial charge on any atom is 0.269 e. The van der Waals surface area contributed by atoms with Crippen molar-refractivity contribution >= 4 is 27.3 Å². The van der Waals surface area contributed by atoms with E-state index in [1.807, 2.05) is 13.8 Å². The largest absolute Gasteiger partial charge is 0.352 e. The second kappa shape index (κ2) is 7.96. The summed E-state index contributed by atoms with van der Waals surface area (Å²) in [7, 11) is -4.00. The van der Waals surface area contributed by atoms with E-state index in [0.29, 0.717) is 6.54 Å². The van der Waals surface area contributed by atoms with Crippen LogP contribution in [0.15, 0.2) is 53.4 Å². The Morgan fingerprint density at radius 3 is 2.31 bits per heavy atom. The second-order valence-corrected chi connectivity index (χ2v) is 7.69. The highest BCUT2D eigenvalue weighted by Crippen LogP contribution is 2.22. The van der Waals surface area contributed by atoms with Crippen LogP contribution in [0, 0.1) is 16.0 Å². The van der Waals surface area contributed by atoms with Crippen LogP contribution in [0.1, 0.15) is 24.2 Å². The van der Waals surface area contributed by atoms with E-state index in [1.165, 1.54) is 12.1 Å². The molecule has 0 unspecified atom stereocenters. The number of sulfonamides is 1. The lowest BCUT2D eigenvalue weighted by Gasteiger charge is -2.13. The van der Waals surface area contributed by atoms with Crippen LogP contribution in [0.5, 0.6) is 0 Å². The molecule has 0 spiro atoms. The highest BCUT2D eigenvalue weighted by molar-refractivity contribution is 7.92. The van der Waals surface area contributed by atoms with Gasteiger partial charge >= 0.3 is 0 Å². The first-order valence-electron chi connectivity index (χ1n) is 7.85. The number of anilines is 1. The maximum atomic E-state index is 12.5. The molecule has 0 bridgehead atoms. The summed E-state index contributed by atoms with van der Waals surface area (Å²) in [6.45, 7) is 4.36. The van der Waals surface area contributed by atoms with E-state index in [4.69, 9.17) is 0 Å². The zero-order chi connectivity index (χ0) is 19.3. The predicted molar refractivity (Wildman–Crippen MR) is 97.5 cm³/mol. The van der Waals surface area contributed by atoms with Crippen LogP contribution >= 0.6 is 0 Å². The third kappa shape index (κ3) is 4.79. The van der Waals surface area contributed by atoms with E-state index in [2.05, 4.69) is 10.0 Å². The fourth-order valence-electron chi connectivity index (χ4n) is 2.11. The van der Waals surface area contributed by atoms with Gasteiger partial charge in [-0.25, -0.2) is 8.42 Å². The minimum atomic E-state index is -4.00. The molecule has 9 heteroatoms. The number of nitrogens with zero attached hydrogens (tertiary/aromatic N) is 1. The monoisotopic (exact) mass is 377 g/mol. The van der Waals surface area contributed by atoms with Crippen molar-refractivity contribution in [3.05, 3.63) is 64.2 Å². The van der Waals surface area contributed by atoms with Crippen LogP contribution in [0.4, 0.5) is 11.4 Å². The highest BCUT2D eigenvalue weighted by Gasteiger charge is 2.19. The van der Waals surface area contributed by atoms with E-state index in [-0.39, 0.29) is 33.7 Å². The average Bonchev–Trinajstić information content (AvgIpc) is 2.60. The van der Waals surface area contributed by atoms with Crippen molar-refractivity contribution < 1.29 is 18.1 Å². The Kier molecular flexibility index (Phi) is 5.93. The Balaban J connectivity index is 2.27. The Morgan fingerprint density at radius 1 is 1.12 bits per heavy atom. The Morgan fingerprint density at radius 2 is 1.73 bits per heavy atom. The van der Waals surface area contributed by atoms with Gasteiger partial charge in [0.15, 0.2) is 0 Å². The number of hydrogen-bond acceptors (Lipinski definition) is 5. The number of benzene rings is 2. The van der Waals surface area contributed by atoms with Crippen molar-refractivity contribution in [2.45, 2.75) is 18.7 Å². The van der Waals surface area contributed by atoms with Crippen LogP contribution in [0.3, 0.4) is 0 Å². The first kappa shape index (κ1) is 19.4. The molecule has 138 valence electrons. The molecule has 0 fully saturated rings. The van der Waals surface area contributed by atoms with Crippen LogP contribution in [-0.4, -0.2) is 25.8 Å². The number of carbonyl (C=O) groups excluding carboxylic acids is 1. The molecule has 0 heterocycles. The van der Waals surface area contributed by atoms with Crippen LogP contribution in [0.2, 0.25) is 0 Å². The number of rotatable bonds is 7. The number of nitro groups is 1. The maximum absolute atomic E-state index is 12.5. The van der Waals surface area contributed by atoms with Crippen molar-refractivity contribution in [3.63, 3.8) is 0 Å². The lowest BCUT2D eigenvalue weighted by atomic mass is 10.1. The van der Waals surface area contributed by atoms with Gasteiger partial charge in [-0.2, -0.15) is 0 Å². The fraction of sp³-hybridized carbons (Fsp3) is 0.235. The predicted octanol–water partition coefficient (Wildman–Crippen LogP) is 2.78. The van der Waals surface area contributed by atoms with Gasteiger partial charge in [-0.1, -0.05) is 26.0 Å². The van der Waals surface area contributed by atoms with Gasteiger partial charge in [-0.05, 0) is 30.2 Å². The summed E-state index contributed by atoms with van der Waals surface area (Å²) in [5, 5.41) is 13.4. The molecular weight excluding hydrogens is 358 g/mol. The molecule has 0 saturated heterocycles. The summed E-state index contributed by atoms with van der Waals surface area (Å²) in [4.78, 5) is 22.2. The first-order chi connectivity index (χ1) is 12.2. The zero-order valence-corrected chi connectivity index (χ0v) is 15.1. The number of nitro benzene ring substituents is 1. The smallest absolute Gasteiger partial charge is 0.269 e. The Labute approximate surface area is 151 Å². The standard InChI is InChI=1S/C17H19N3O5S/c1-12(2)11-18-17(21)15-5-3-4-6-16(15)19-26(24,25)14-9-7-13(8-10-14)20(22)23/h3-10,12,19H,11H2,1-2H3,(H,18,21). The lowest BCUT2D eigenvalue weighted by Crippen LogP contribution is -2.28. The second-order valence-electron chi connectivity index (χ2n) is 6.01. The number of nitrogens with one attached hydrogen (secondary N) is 2. The third-order valence-electron chi connectivity index (χ3n) is 3.44. The molecule has 0 aliphatic rings. The number of amides is 1. The number of para-hydroxylation sites is 1. The third-order valence-corrected chi connectivity index (χ3v) is 4.83. The highest BCUT2D eigenvalue weighted by atomic mass is 32.2. The Bertz CT molecular complexity index is 908. The molecule has 0 atom stereocenters. The van der Waals surface area contributed by atoms with E-state index >= 15 is 0 Å². The quantitative estimate of drug-likeness (QED) is 0.568. The lowest BCUT2D eigenvalue weighted by molar-refractivity contribution is -0.384. The molecule has 2 N–H and O–H groups in total. The normalized spacial score (nSPS) is 11.2. The van der Waals surface area contributed by atoms with E-state index in [9.17, 15) is 23.3 Å². The van der Waals surface area contributed by atoms with Gasteiger partial charge in [-0.15, -0.1) is 0 Å². The molecule has 0 aliphatic carbocycles. The van der Waals surface area contributed by atoms with E-state index < -0.39 is 14.9 Å². The minimum Gasteiger partial charge on any atom is -0.352 e. The number of carbonyl (C=O) groups is 1. The average molecular weight is 377 g/mol. The summed E-state index contributed by atoms with van der Waals surface area (Å²) in [5.74, 6) is -0.136. The van der Waals surface area contributed by atoms with Gasteiger partial charge < -0.3 is 5.32 Å². The molecule has 2 aromatic rings. The fourth-order valence-corrected chi connectivity index (χ4v) is 3.19. The van der Waals surface area contributed by atoms with Gasteiger partial charge in [0.25, 0.3) is 21.6 Å². The van der Waals surface area contributed by atoms with Gasteiger partial charge in [-0.3, -0.25) is 19.6 Å². The molecule has 0 saturated carbocycles. The SMILES string of the molecule is CC(C)CNC(=O)c1ccccc1NS(=O)(=O)c1ccc([N+](=O)[O-])cc1. The summed E-state index contributed by atoms with van der Waals surface area (Å²) in [6.07, 6.45) is 0. The number of hydrogen-bond donors (Lipinski definition) is 2. The van der Waals surface area contributed by atoms with Crippen LogP contribution in [0.25, 0.3) is 0 Å². The van der Waals surface area contributed by atoms with Crippen molar-refractivity contribution in [1.29, 1.82) is 0 Å². The summed E-state index contributed by atoms with van der Waals surface area (Å²) < 4.78 is 27.4. The van der Waals surface area contributed by atoms with Crippen molar-refractivity contribution in [2.75, 3.05) is 11.3 Å². The molecule has 2 rings (SSSR count). The number of non-ortho nitro benzene ring substituents is 1. The summed E-state index contributed by atoms with van der Waals surface area (Å²) >= 11 is 0. The molecule has 2 aromatic carbocycles. The van der Waals surface area contributed by atoms with Crippen LogP contribution in [-0.2, 0) is 10.0 Å². The molecule has 0 aromatic heterocycles. The molecule has 8 nitrogen and oxygen atoms in total. The van der Waals surface area contributed by atoms with Gasteiger partial charge in [0.1, 0.15) is 0 Å². The van der Waals surface area contributed by atoms with E-state index in [0.717, 1.165) is 24.3 Å². The molecule has 1 amide bonds. The topological polar surface area (TPSA) is 118 Å². The van der Waals surface area contributed by atoms with Gasteiger partial charge in [0.2, 0.25) is 0 Å². The Hall–Kier alpha value is -2.94. The first-order valence-corrected chi connectivity index (χ1v) is 9.33. The molecule has 0 aliphatic heterocycles.